The molecule has 0 amide bonds. The highest BCUT2D eigenvalue weighted by Gasteiger charge is 2.08. The molecule has 0 saturated carbocycles. The Morgan fingerprint density at radius 2 is 1.41 bits per heavy atom. The van der Waals surface area contributed by atoms with E-state index in [1.54, 1.807) is 0 Å². The third kappa shape index (κ3) is 12.0. The van der Waals surface area contributed by atoms with Crippen molar-refractivity contribution in [3.8, 4) is 0 Å². The molecule has 0 heterocycles. The molecule has 2 rings (SSSR count). The zero-order valence-corrected chi connectivity index (χ0v) is 15.8. The second-order valence-electron chi connectivity index (χ2n) is 5.27. The highest BCUT2D eigenvalue weighted by atomic mass is 32.2. The monoisotopic (exact) mass is 414 g/mol. The SMILES string of the molecule is CCCCCCc1ccc(C(=O)OSc2ccccc2)cc1.F.F.F.F.F. The van der Waals surface area contributed by atoms with Gasteiger partial charge in [-0.15, -0.1) is 0 Å². The molecule has 2 aromatic rings. The second kappa shape index (κ2) is 18.7. The molecule has 0 aliphatic rings. The first-order valence-electron chi connectivity index (χ1n) is 7.82. The lowest BCUT2D eigenvalue weighted by atomic mass is 10.0. The van der Waals surface area contributed by atoms with E-state index in [0.717, 1.165) is 23.4 Å². The maximum atomic E-state index is 12.0. The van der Waals surface area contributed by atoms with Gasteiger partial charge in [-0.05, 0) is 42.7 Å². The molecule has 2 nitrogen and oxygen atoms in total. The van der Waals surface area contributed by atoms with Crippen LogP contribution in [0, 0.1) is 0 Å². The van der Waals surface area contributed by atoms with Gasteiger partial charge in [0.05, 0.1) is 17.6 Å². The van der Waals surface area contributed by atoms with Crippen molar-refractivity contribution in [1.29, 1.82) is 0 Å². The molecule has 0 radical (unpaired) electrons. The van der Waals surface area contributed by atoms with Gasteiger partial charge in [0.2, 0.25) is 0 Å². The topological polar surface area (TPSA) is 26.3 Å². The summed E-state index contributed by atoms with van der Waals surface area (Å²) in [6.45, 7) is 2.22. The fourth-order valence-corrected chi connectivity index (χ4v) is 2.71. The smallest absolute Gasteiger partial charge is 0.350 e. The zero-order chi connectivity index (χ0) is 15.6. The summed E-state index contributed by atoms with van der Waals surface area (Å²) in [5.41, 5.74) is 1.88. The highest BCUT2D eigenvalue weighted by Crippen LogP contribution is 2.20. The Kier molecular flexibility index (Phi) is 22.6. The van der Waals surface area contributed by atoms with Crippen molar-refractivity contribution in [2.75, 3.05) is 0 Å². The summed E-state index contributed by atoms with van der Waals surface area (Å²) in [4.78, 5) is 12.9. The largest absolute Gasteiger partial charge is 0.382 e. The fourth-order valence-electron chi connectivity index (χ4n) is 2.17. The zero-order valence-electron chi connectivity index (χ0n) is 15.0. The van der Waals surface area contributed by atoms with Crippen LogP contribution >= 0.6 is 12.0 Å². The minimum absolute atomic E-state index is 0. The molecule has 0 aliphatic carbocycles. The van der Waals surface area contributed by atoms with Crippen molar-refractivity contribution in [2.24, 2.45) is 0 Å². The normalized spacial score (nSPS) is 8.48. The lowest BCUT2D eigenvalue weighted by Gasteiger charge is -2.05. The van der Waals surface area contributed by atoms with E-state index < -0.39 is 0 Å². The number of benzene rings is 2. The van der Waals surface area contributed by atoms with Crippen LogP contribution < -0.4 is 0 Å². The van der Waals surface area contributed by atoms with Crippen molar-refractivity contribution < 1.29 is 32.5 Å². The summed E-state index contributed by atoms with van der Waals surface area (Å²) in [5, 5.41) is 0. The Labute approximate surface area is 160 Å². The van der Waals surface area contributed by atoms with Crippen molar-refractivity contribution in [3.63, 3.8) is 0 Å². The molecule has 27 heavy (non-hydrogen) atoms. The average molecular weight is 414 g/mol. The van der Waals surface area contributed by atoms with Gasteiger partial charge >= 0.3 is 5.97 Å². The van der Waals surface area contributed by atoms with E-state index >= 15 is 0 Å². The van der Waals surface area contributed by atoms with Gasteiger partial charge in [0.1, 0.15) is 0 Å². The van der Waals surface area contributed by atoms with Crippen LogP contribution in [0.5, 0.6) is 0 Å². The predicted molar refractivity (Wildman–Crippen MR) is 105 cm³/mol. The van der Waals surface area contributed by atoms with Gasteiger partial charge in [-0.25, -0.2) is 4.79 Å². The molecule has 156 valence electrons. The summed E-state index contributed by atoms with van der Waals surface area (Å²) in [6, 6.07) is 17.4. The van der Waals surface area contributed by atoms with E-state index in [2.05, 4.69) is 6.92 Å². The molecular formula is C19H27F5O2S. The Hall–Kier alpha value is -2.09. The second-order valence-corrected chi connectivity index (χ2v) is 6.08. The van der Waals surface area contributed by atoms with Crippen molar-refractivity contribution in [3.05, 3.63) is 65.7 Å². The maximum Gasteiger partial charge on any atom is 0.350 e. The number of halogens is 5. The number of carbonyl (C=O) groups is 1. The number of hydrogen-bond acceptors (Lipinski definition) is 3. The van der Waals surface area contributed by atoms with E-state index in [0.29, 0.717) is 5.56 Å². The minimum Gasteiger partial charge on any atom is -0.382 e. The summed E-state index contributed by atoms with van der Waals surface area (Å²) in [5.74, 6) is -0.300. The van der Waals surface area contributed by atoms with Gasteiger partial charge in [0, 0.05) is 4.90 Å². The quantitative estimate of drug-likeness (QED) is 0.283. The standard InChI is InChI=1S/C19H22O2S.5FH/c1-2-3-4-6-9-16-12-14-17(15-13-16)19(20)21-22-18-10-7-5-8-11-18;;;;;/h5,7-8,10-15H,2-4,6,9H2,1H3;5*1H. The van der Waals surface area contributed by atoms with Crippen LogP contribution in [-0.4, -0.2) is 5.97 Å². The van der Waals surface area contributed by atoms with Crippen LogP contribution in [0.25, 0.3) is 0 Å². The number of carbonyl (C=O) groups excluding carboxylic acids is 1. The van der Waals surface area contributed by atoms with Crippen molar-refractivity contribution >= 4 is 18.0 Å². The average Bonchev–Trinajstić information content (AvgIpc) is 2.58. The van der Waals surface area contributed by atoms with Crippen LogP contribution in [-0.2, 0) is 10.6 Å². The molecule has 0 N–H and O–H groups in total. The van der Waals surface area contributed by atoms with Crippen LogP contribution in [0.4, 0.5) is 23.5 Å². The van der Waals surface area contributed by atoms with Gasteiger partial charge in [-0.1, -0.05) is 56.5 Å². The van der Waals surface area contributed by atoms with Gasteiger partial charge in [-0.3, -0.25) is 23.5 Å². The molecule has 0 fully saturated rings. The molecule has 0 saturated heterocycles. The molecule has 0 unspecified atom stereocenters. The number of aryl methyl sites for hydroxylation is 1. The molecular weight excluding hydrogens is 387 g/mol. The van der Waals surface area contributed by atoms with E-state index in [4.69, 9.17) is 4.18 Å². The maximum absolute atomic E-state index is 12.0. The molecule has 0 aliphatic heterocycles. The molecule has 2 aromatic carbocycles. The first-order chi connectivity index (χ1) is 10.8. The van der Waals surface area contributed by atoms with Crippen molar-refractivity contribution in [2.45, 2.75) is 43.9 Å². The molecule has 0 atom stereocenters. The highest BCUT2D eigenvalue weighted by molar-refractivity contribution is 7.95. The third-order valence-electron chi connectivity index (χ3n) is 3.47. The van der Waals surface area contributed by atoms with Crippen molar-refractivity contribution in [1.82, 2.24) is 0 Å². The van der Waals surface area contributed by atoms with Gasteiger partial charge in [0.15, 0.2) is 0 Å². The van der Waals surface area contributed by atoms with Gasteiger partial charge in [-0.2, -0.15) is 0 Å². The summed E-state index contributed by atoms with van der Waals surface area (Å²) in [7, 11) is 0. The van der Waals surface area contributed by atoms with E-state index in [1.807, 2.05) is 54.6 Å². The lowest BCUT2D eigenvalue weighted by molar-refractivity contribution is 0.0768. The minimum atomic E-state index is -0.300. The molecule has 0 bridgehead atoms. The van der Waals surface area contributed by atoms with Crippen LogP contribution in [0.1, 0.15) is 48.5 Å². The first kappa shape index (κ1) is 32.6. The lowest BCUT2D eigenvalue weighted by Crippen LogP contribution is -2.00. The Bertz CT molecular complexity index is 582. The van der Waals surface area contributed by atoms with E-state index in [-0.39, 0.29) is 29.5 Å². The van der Waals surface area contributed by atoms with Crippen LogP contribution in [0.3, 0.4) is 0 Å². The first-order valence-corrected chi connectivity index (χ1v) is 8.56. The summed E-state index contributed by atoms with van der Waals surface area (Å²) >= 11 is 1.10. The van der Waals surface area contributed by atoms with Gasteiger partial charge in [0.25, 0.3) is 0 Å². The predicted octanol–water partition coefficient (Wildman–Crippen LogP) is 6.44. The number of hydrogen-bond donors (Lipinski definition) is 0. The Balaban J connectivity index is -0.000000529. The molecule has 0 spiro atoms. The Morgan fingerprint density at radius 3 is 1.96 bits per heavy atom. The fraction of sp³-hybridized carbons (Fsp3) is 0.316. The van der Waals surface area contributed by atoms with Crippen LogP contribution in [0.2, 0.25) is 0 Å². The third-order valence-corrected chi connectivity index (χ3v) is 4.16. The van der Waals surface area contributed by atoms with Gasteiger partial charge < -0.3 is 4.18 Å². The Morgan fingerprint density at radius 1 is 0.815 bits per heavy atom. The van der Waals surface area contributed by atoms with E-state index in [1.165, 1.54) is 31.2 Å². The molecule has 0 aromatic heterocycles. The van der Waals surface area contributed by atoms with E-state index in [9.17, 15) is 4.79 Å². The summed E-state index contributed by atoms with van der Waals surface area (Å²) in [6.07, 6.45) is 6.11. The summed E-state index contributed by atoms with van der Waals surface area (Å²) < 4.78 is 5.24. The molecule has 8 heteroatoms. The van der Waals surface area contributed by atoms with Crippen LogP contribution in [0.15, 0.2) is 59.5 Å². The number of rotatable bonds is 8. The number of unbranched alkanes of at least 4 members (excludes halogenated alkanes) is 3.